The summed E-state index contributed by atoms with van der Waals surface area (Å²) in [6, 6.07) is 24.9. The maximum atomic E-state index is 11.6. The maximum Gasteiger partial charge on any atom is 0.306 e. The maximum absolute atomic E-state index is 11.6. The Morgan fingerprint density at radius 2 is 1.52 bits per heavy atom. The Morgan fingerprint density at radius 1 is 0.800 bits per heavy atom. The number of carboxylic acid groups (broad SMARTS) is 1. The first-order chi connectivity index (χ1) is 12.2. The highest BCUT2D eigenvalue weighted by Crippen LogP contribution is 2.22. The number of fused-ring (bicyclic) bond motifs is 1. The average Bonchev–Trinajstić information content (AvgIpc) is 2.65. The highest BCUT2D eigenvalue weighted by Gasteiger charge is 2.17. The molecule has 0 aliphatic heterocycles. The van der Waals surface area contributed by atoms with Gasteiger partial charge in [-0.05, 0) is 54.0 Å². The minimum Gasteiger partial charge on any atom is -0.481 e. The Hall–Kier alpha value is -2.61. The van der Waals surface area contributed by atoms with Gasteiger partial charge in [-0.2, -0.15) is 0 Å². The molecule has 1 N–H and O–H groups in total. The van der Waals surface area contributed by atoms with Crippen LogP contribution in [0.4, 0.5) is 0 Å². The van der Waals surface area contributed by atoms with Gasteiger partial charge in [-0.3, -0.25) is 4.79 Å². The monoisotopic (exact) mass is 332 g/mol. The number of aliphatic carboxylic acids is 1. The van der Waals surface area contributed by atoms with Crippen molar-refractivity contribution in [2.75, 3.05) is 0 Å². The lowest BCUT2D eigenvalue weighted by atomic mass is 9.92. The Balaban J connectivity index is 1.57. The highest BCUT2D eigenvalue weighted by molar-refractivity contribution is 5.85. The summed E-state index contributed by atoms with van der Waals surface area (Å²) in [5.74, 6) is -0.941. The number of carbonyl (C=O) groups is 1. The van der Waals surface area contributed by atoms with Gasteiger partial charge in [-0.25, -0.2) is 0 Å². The summed E-state index contributed by atoms with van der Waals surface area (Å²) in [7, 11) is 0. The molecule has 2 nitrogen and oxygen atoms in total. The Morgan fingerprint density at radius 3 is 2.32 bits per heavy atom. The van der Waals surface area contributed by atoms with Gasteiger partial charge in [0.05, 0.1) is 5.92 Å². The molecule has 3 aromatic rings. The van der Waals surface area contributed by atoms with E-state index in [4.69, 9.17) is 0 Å². The number of hydrogen-bond donors (Lipinski definition) is 1. The zero-order chi connectivity index (χ0) is 17.5. The average molecular weight is 332 g/mol. The van der Waals surface area contributed by atoms with E-state index >= 15 is 0 Å². The van der Waals surface area contributed by atoms with Gasteiger partial charge in [-0.15, -0.1) is 0 Å². The summed E-state index contributed by atoms with van der Waals surface area (Å²) in [6.45, 7) is 0. The van der Waals surface area contributed by atoms with Crippen LogP contribution in [0.1, 0.15) is 30.4 Å². The molecule has 0 heterocycles. The molecule has 3 rings (SSSR count). The van der Waals surface area contributed by atoms with Crippen molar-refractivity contribution in [1.29, 1.82) is 0 Å². The minimum absolute atomic E-state index is 0.268. The molecule has 0 aliphatic carbocycles. The van der Waals surface area contributed by atoms with Gasteiger partial charge in [0.15, 0.2) is 0 Å². The summed E-state index contributed by atoms with van der Waals surface area (Å²) in [6.07, 6.45) is 4.09. The van der Waals surface area contributed by atoms with E-state index in [9.17, 15) is 9.90 Å². The molecule has 0 fully saturated rings. The number of benzene rings is 3. The summed E-state index contributed by atoms with van der Waals surface area (Å²) >= 11 is 0. The van der Waals surface area contributed by atoms with Crippen molar-refractivity contribution < 1.29 is 9.90 Å². The quantitative estimate of drug-likeness (QED) is 0.591. The number of aryl methyl sites for hydroxylation is 2. The van der Waals surface area contributed by atoms with Gasteiger partial charge in [0.2, 0.25) is 0 Å². The van der Waals surface area contributed by atoms with Crippen LogP contribution in [-0.4, -0.2) is 11.1 Å². The van der Waals surface area contributed by atoms with E-state index in [1.54, 1.807) is 0 Å². The van der Waals surface area contributed by atoms with E-state index < -0.39 is 5.97 Å². The van der Waals surface area contributed by atoms with Gasteiger partial charge >= 0.3 is 5.97 Å². The van der Waals surface area contributed by atoms with Crippen LogP contribution < -0.4 is 0 Å². The third-order valence-corrected chi connectivity index (χ3v) is 4.85. The van der Waals surface area contributed by atoms with Crippen LogP contribution in [0.25, 0.3) is 10.8 Å². The standard InChI is InChI=1S/C23H24O2/c24-23(25)21(17-16-18-8-2-1-3-9-18)14-7-13-20-12-6-11-19-10-4-5-15-22(19)20/h1-6,8-12,15,21H,7,13-14,16-17H2,(H,24,25). The Kier molecular flexibility index (Phi) is 5.84. The predicted molar refractivity (Wildman–Crippen MR) is 103 cm³/mol. The predicted octanol–water partition coefficient (Wildman–Crippen LogP) is 5.50. The van der Waals surface area contributed by atoms with Crippen molar-refractivity contribution in [2.24, 2.45) is 5.92 Å². The summed E-state index contributed by atoms with van der Waals surface area (Å²) in [5, 5.41) is 12.0. The molecule has 0 saturated carbocycles. The topological polar surface area (TPSA) is 37.3 Å². The summed E-state index contributed by atoms with van der Waals surface area (Å²) < 4.78 is 0. The lowest BCUT2D eigenvalue weighted by Gasteiger charge is -2.13. The molecular weight excluding hydrogens is 308 g/mol. The number of rotatable bonds is 8. The molecule has 3 aromatic carbocycles. The van der Waals surface area contributed by atoms with Gasteiger partial charge < -0.3 is 5.11 Å². The zero-order valence-corrected chi connectivity index (χ0v) is 14.4. The molecule has 1 atom stereocenters. The first kappa shape index (κ1) is 17.2. The molecule has 0 bridgehead atoms. The zero-order valence-electron chi connectivity index (χ0n) is 14.4. The van der Waals surface area contributed by atoms with Crippen molar-refractivity contribution in [3.63, 3.8) is 0 Å². The second kappa shape index (κ2) is 8.48. The molecule has 0 radical (unpaired) electrons. The smallest absolute Gasteiger partial charge is 0.306 e. The molecule has 0 spiro atoms. The normalized spacial score (nSPS) is 12.2. The largest absolute Gasteiger partial charge is 0.481 e. The van der Waals surface area contributed by atoms with Crippen LogP contribution in [0, 0.1) is 5.92 Å². The lowest BCUT2D eigenvalue weighted by molar-refractivity contribution is -0.142. The van der Waals surface area contributed by atoms with Gasteiger partial charge in [-0.1, -0.05) is 72.8 Å². The van der Waals surface area contributed by atoms with Crippen LogP contribution in [0.15, 0.2) is 72.8 Å². The molecule has 25 heavy (non-hydrogen) atoms. The van der Waals surface area contributed by atoms with E-state index in [1.165, 1.54) is 21.9 Å². The van der Waals surface area contributed by atoms with E-state index in [-0.39, 0.29) is 5.92 Å². The summed E-state index contributed by atoms with van der Waals surface area (Å²) in [4.78, 5) is 11.6. The van der Waals surface area contributed by atoms with Crippen molar-refractivity contribution in [1.82, 2.24) is 0 Å². The molecule has 0 aromatic heterocycles. The third-order valence-electron chi connectivity index (χ3n) is 4.85. The summed E-state index contributed by atoms with van der Waals surface area (Å²) in [5.41, 5.74) is 2.52. The molecule has 0 saturated heterocycles. The van der Waals surface area contributed by atoms with Crippen LogP contribution in [0.3, 0.4) is 0 Å². The van der Waals surface area contributed by atoms with Crippen molar-refractivity contribution >= 4 is 16.7 Å². The minimum atomic E-state index is -0.672. The number of hydrogen-bond acceptors (Lipinski definition) is 1. The third kappa shape index (κ3) is 4.69. The lowest BCUT2D eigenvalue weighted by Crippen LogP contribution is -2.15. The Labute approximate surface area is 149 Å². The fourth-order valence-electron chi connectivity index (χ4n) is 3.43. The van der Waals surface area contributed by atoms with Gasteiger partial charge in [0.25, 0.3) is 0 Å². The van der Waals surface area contributed by atoms with Crippen molar-refractivity contribution in [3.05, 3.63) is 83.9 Å². The second-order valence-corrected chi connectivity index (χ2v) is 6.59. The fraction of sp³-hybridized carbons (Fsp3) is 0.261. The van der Waals surface area contributed by atoms with Gasteiger partial charge in [0, 0.05) is 0 Å². The molecule has 0 aliphatic rings. The number of carboxylic acids is 1. The van der Waals surface area contributed by atoms with Gasteiger partial charge in [0.1, 0.15) is 0 Å². The second-order valence-electron chi connectivity index (χ2n) is 6.59. The van der Waals surface area contributed by atoms with Crippen molar-refractivity contribution in [3.8, 4) is 0 Å². The van der Waals surface area contributed by atoms with E-state index in [2.05, 4.69) is 54.6 Å². The fourth-order valence-corrected chi connectivity index (χ4v) is 3.43. The molecule has 0 amide bonds. The van der Waals surface area contributed by atoms with E-state index in [0.29, 0.717) is 6.42 Å². The first-order valence-electron chi connectivity index (χ1n) is 8.97. The van der Waals surface area contributed by atoms with Crippen LogP contribution in [0.2, 0.25) is 0 Å². The van der Waals surface area contributed by atoms with E-state index in [0.717, 1.165) is 25.7 Å². The Bertz CT molecular complexity index is 818. The highest BCUT2D eigenvalue weighted by atomic mass is 16.4. The molecule has 1 unspecified atom stereocenters. The first-order valence-corrected chi connectivity index (χ1v) is 8.97. The van der Waals surface area contributed by atoms with Crippen molar-refractivity contribution in [2.45, 2.75) is 32.1 Å². The molecule has 128 valence electrons. The van der Waals surface area contributed by atoms with E-state index in [1.807, 2.05) is 18.2 Å². The molecular formula is C23H24O2. The molecule has 2 heteroatoms. The van der Waals surface area contributed by atoms with Crippen LogP contribution in [0.5, 0.6) is 0 Å². The SMILES string of the molecule is O=C(O)C(CCCc1cccc2ccccc12)CCc1ccccc1. The van der Waals surface area contributed by atoms with Crippen LogP contribution in [-0.2, 0) is 17.6 Å². The van der Waals surface area contributed by atoms with Crippen LogP contribution >= 0.6 is 0 Å².